The molecule has 0 radical (unpaired) electrons. The van der Waals surface area contributed by atoms with E-state index in [4.69, 9.17) is 0 Å². The van der Waals surface area contributed by atoms with Crippen LogP contribution >= 0.6 is 15.9 Å². The molecular weight excluding hydrogens is 274 g/mol. The summed E-state index contributed by atoms with van der Waals surface area (Å²) < 4.78 is 1.18. The van der Waals surface area contributed by atoms with E-state index in [1.54, 1.807) is 0 Å². The Kier molecular flexibility index (Phi) is 6.83. The van der Waals surface area contributed by atoms with E-state index in [2.05, 4.69) is 66.3 Å². The first-order chi connectivity index (χ1) is 8.13. The van der Waals surface area contributed by atoms with Crippen LogP contribution in [0.15, 0.2) is 28.7 Å². The quantitative estimate of drug-likeness (QED) is 0.777. The fraction of sp³-hybridized carbons (Fsp3) is 0.600. The predicted molar refractivity (Wildman–Crippen MR) is 79.5 cm³/mol. The van der Waals surface area contributed by atoms with Crippen molar-refractivity contribution in [1.82, 2.24) is 5.32 Å². The maximum absolute atomic E-state index is 3.57. The zero-order chi connectivity index (χ0) is 12.7. The van der Waals surface area contributed by atoms with Gasteiger partial charge in [-0.25, -0.2) is 0 Å². The summed E-state index contributed by atoms with van der Waals surface area (Å²) in [5, 5.41) is 3.57. The van der Waals surface area contributed by atoms with Gasteiger partial charge in [-0.2, -0.15) is 0 Å². The molecule has 1 nitrogen and oxygen atoms in total. The van der Waals surface area contributed by atoms with Gasteiger partial charge in [-0.15, -0.1) is 0 Å². The van der Waals surface area contributed by atoms with Crippen molar-refractivity contribution in [2.24, 2.45) is 5.92 Å². The monoisotopic (exact) mass is 297 g/mol. The molecule has 0 spiro atoms. The predicted octanol–water partition coefficient (Wildman–Crippen LogP) is 4.58. The van der Waals surface area contributed by atoms with Crippen LogP contribution in [0.5, 0.6) is 0 Å². The Hall–Kier alpha value is -0.340. The van der Waals surface area contributed by atoms with E-state index in [1.165, 1.54) is 22.9 Å². The van der Waals surface area contributed by atoms with Crippen LogP contribution in [0.1, 0.15) is 45.1 Å². The Morgan fingerprint density at radius 3 is 2.59 bits per heavy atom. The molecule has 0 aliphatic carbocycles. The minimum absolute atomic E-state index is 0.635. The summed E-state index contributed by atoms with van der Waals surface area (Å²) in [6, 6.07) is 8.71. The first-order valence-corrected chi connectivity index (χ1v) is 7.39. The van der Waals surface area contributed by atoms with Crippen molar-refractivity contribution in [2.75, 3.05) is 13.1 Å². The lowest BCUT2D eigenvalue weighted by Crippen LogP contribution is -2.25. The normalized spacial score (nSPS) is 13.0. The molecule has 0 amide bonds. The van der Waals surface area contributed by atoms with Gasteiger partial charge in [0.15, 0.2) is 0 Å². The Labute approximate surface area is 114 Å². The summed E-state index contributed by atoms with van der Waals surface area (Å²) in [6.45, 7) is 8.95. The molecule has 0 saturated heterocycles. The number of halogens is 1. The molecule has 17 heavy (non-hydrogen) atoms. The van der Waals surface area contributed by atoms with Crippen molar-refractivity contribution < 1.29 is 0 Å². The summed E-state index contributed by atoms with van der Waals surface area (Å²) in [7, 11) is 0. The number of rotatable bonds is 7. The minimum atomic E-state index is 0.635. The third kappa shape index (κ3) is 5.69. The van der Waals surface area contributed by atoms with E-state index < -0.39 is 0 Å². The lowest BCUT2D eigenvalue weighted by atomic mass is 9.94. The fourth-order valence-electron chi connectivity index (χ4n) is 2.04. The summed E-state index contributed by atoms with van der Waals surface area (Å²) in [5.74, 6) is 1.36. The van der Waals surface area contributed by atoms with Crippen LogP contribution in [0.4, 0.5) is 0 Å². The van der Waals surface area contributed by atoms with Crippen molar-refractivity contribution in [3.63, 3.8) is 0 Å². The largest absolute Gasteiger partial charge is 0.316 e. The first kappa shape index (κ1) is 14.7. The van der Waals surface area contributed by atoms with E-state index in [0.29, 0.717) is 5.92 Å². The van der Waals surface area contributed by atoms with Crippen molar-refractivity contribution in [1.29, 1.82) is 0 Å². The van der Waals surface area contributed by atoms with Gasteiger partial charge in [0, 0.05) is 11.0 Å². The van der Waals surface area contributed by atoms with Crippen LogP contribution in [0.3, 0.4) is 0 Å². The van der Waals surface area contributed by atoms with Crippen LogP contribution < -0.4 is 5.32 Å². The maximum atomic E-state index is 3.57. The Morgan fingerprint density at radius 2 is 2.00 bits per heavy atom. The zero-order valence-corrected chi connectivity index (χ0v) is 12.8. The second-order valence-electron chi connectivity index (χ2n) is 5.09. The third-order valence-electron chi connectivity index (χ3n) is 2.90. The summed E-state index contributed by atoms with van der Waals surface area (Å²) >= 11 is 3.55. The van der Waals surface area contributed by atoms with Gasteiger partial charge in [0.05, 0.1) is 0 Å². The van der Waals surface area contributed by atoms with E-state index in [0.717, 1.165) is 19.0 Å². The molecule has 1 unspecified atom stereocenters. The average Bonchev–Trinajstić information content (AvgIpc) is 2.27. The molecule has 1 rings (SSSR count). The molecule has 96 valence electrons. The van der Waals surface area contributed by atoms with E-state index in [9.17, 15) is 0 Å². The van der Waals surface area contributed by atoms with E-state index >= 15 is 0 Å². The Balaban J connectivity index is 2.58. The summed E-state index contributed by atoms with van der Waals surface area (Å²) in [6.07, 6.45) is 2.49. The molecule has 0 saturated carbocycles. The van der Waals surface area contributed by atoms with Gasteiger partial charge in [-0.05, 0) is 42.5 Å². The molecule has 0 bridgehead atoms. The maximum Gasteiger partial charge on any atom is 0.0178 e. The molecular formula is C15H24BrN. The van der Waals surface area contributed by atoms with Gasteiger partial charge in [0.2, 0.25) is 0 Å². The van der Waals surface area contributed by atoms with Crippen LogP contribution in [0.25, 0.3) is 0 Å². The summed E-state index contributed by atoms with van der Waals surface area (Å²) in [4.78, 5) is 0. The molecule has 1 aromatic rings. The highest BCUT2D eigenvalue weighted by molar-refractivity contribution is 9.10. The smallest absolute Gasteiger partial charge is 0.0178 e. The average molecular weight is 298 g/mol. The molecule has 0 aliphatic heterocycles. The highest BCUT2D eigenvalue weighted by atomic mass is 79.9. The molecule has 0 fully saturated rings. The number of nitrogens with one attached hydrogen (secondary N) is 1. The van der Waals surface area contributed by atoms with E-state index in [-0.39, 0.29) is 0 Å². The zero-order valence-electron chi connectivity index (χ0n) is 11.2. The minimum Gasteiger partial charge on any atom is -0.316 e. The Morgan fingerprint density at radius 1 is 1.24 bits per heavy atom. The topological polar surface area (TPSA) is 12.0 Å². The number of hydrogen-bond donors (Lipinski definition) is 1. The second-order valence-corrected chi connectivity index (χ2v) is 6.01. The number of benzene rings is 1. The summed E-state index contributed by atoms with van der Waals surface area (Å²) in [5.41, 5.74) is 1.44. The lowest BCUT2D eigenvalue weighted by Gasteiger charge is -2.18. The molecule has 1 N–H and O–H groups in total. The first-order valence-electron chi connectivity index (χ1n) is 6.59. The SMILES string of the molecule is CCCC(CNCC(C)C)c1cccc(Br)c1. The molecule has 1 atom stereocenters. The Bertz CT molecular complexity index is 322. The third-order valence-corrected chi connectivity index (χ3v) is 3.39. The molecule has 0 heterocycles. The van der Waals surface area contributed by atoms with Crippen molar-refractivity contribution in [3.8, 4) is 0 Å². The second kappa shape index (κ2) is 7.88. The molecule has 0 aliphatic rings. The van der Waals surface area contributed by atoms with Crippen molar-refractivity contribution in [2.45, 2.75) is 39.5 Å². The van der Waals surface area contributed by atoms with Gasteiger partial charge < -0.3 is 5.32 Å². The van der Waals surface area contributed by atoms with Crippen LogP contribution in [0, 0.1) is 5.92 Å². The van der Waals surface area contributed by atoms with E-state index in [1.807, 2.05) is 0 Å². The highest BCUT2D eigenvalue weighted by Gasteiger charge is 2.10. The van der Waals surface area contributed by atoms with Crippen molar-refractivity contribution >= 4 is 15.9 Å². The molecule has 2 heteroatoms. The fourth-order valence-corrected chi connectivity index (χ4v) is 2.46. The highest BCUT2D eigenvalue weighted by Crippen LogP contribution is 2.23. The molecule has 1 aromatic carbocycles. The number of hydrogen-bond acceptors (Lipinski definition) is 1. The standard InChI is InChI=1S/C15H24BrN/c1-4-6-14(11-17-10-12(2)3)13-7-5-8-15(16)9-13/h5,7-9,12,14,17H,4,6,10-11H2,1-3H3. The van der Waals surface area contributed by atoms with Gasteiger partial charge in [0.25, 0.3) is 0 Å². The van der Waals surface area contributed by atoms with Gasteiger partial charge in [-0.3, -0.25) is 0 Å². The van der Waals surface area contributed by atoms with Gasteiger partial charge in [0.1, 0.15) is 0 Å². The van der Waals surface area contributed by atoms with Gasteiger partial charge in [-0.1, -0.05) is 55.3 Å². The molecule has 0 aromatic heterocycles. The van der Waals surface area contributed by atoms with Crippen LogP contribution in [-0.2, 0) is 0 Å². The van der Waals surface area contributed by atoms with Crippen molar-refractivity contribution in [3.05, 3.63) is 34.3 Å². The van der Waals surface area contributed by atoms with Crippen LogP contribution in [-0.4, -0.2) is 13.1 Å². The van der Waals surface area contributed by atoms with Gasteiger partial charge >= 0.3 is 0 Å². The lowest BCUT2D eigenvalue weighted by molar-refractivity contribution is 0.497. The van der Waals surface area contributed by atoms with Crippen LogP contribution in [0.2, 0.25) is 0 Å².